The number of rotatable bonds is 5. The topological polar surface area (TPSA) is 71.1 Å². The van der Waals surface area contributed by atoms with Gasteiger partial charge in [-0.05, 0) is 6.42 Å². The van der Waals surface area contributed by atoms with E-state index in [1.165, 1.54) is 11.3 Å². The molecule has 7 heteroatoms. The van der Waals surface area contributed by atoms with Crippen LogP contribution in [0.1, 0.15) is 30.3 Å². The molecule has 0 bridgehead atoms. The van der Waals surface area contributed by atoms with Crippen LogP contribution >= 0.6 is 11.3 Å². The van der Waals surface area contributed by atoms with Gasteiger partial charge in [0.05, 0.1) is 11.4 Å². The van der Waals surface area contributed by atoms with Gasteiger partial charge >= 0.3 is 0 Å². The van der Waals surface area contributed by atoms with E-state index in [2.05, 4.69) is 15.0 Å². The van der Waals surface area contributed by atoms with Crippen LogP contribution in [0.2, 0.25) is 0 Å². The lowest BCUT2D eigenvalue weighted by Crippen LogP contribution is -2.22. The summed E-state index contributed by atoms with van der Waals surface area (Å²) in [6.45, 7) is 3.69. The molecule has 2 N–H and O–H groups in total. The summed E-state index contributed by atoms with van der Waals surface area (Å²) >= 11 is 1.43. The van der Waals surface area contributed by atoms with Crippen molar-refractivity contribution < 1.29 is 8.42 Å². The molecule has 96 valence electrons. The zero-order valence-electron chi connectivity index (χ0n) is 9.82. The minimum absolute atomic E-state index is 0.173. The molecular formula is C10H17N3O2S2. The van der Waals surface area contributed by atoms with Gasteiger partial charge in [-0.2, -0.15) is 0 Å². The molecule has 0 atom stereocenters. The molecule has 1 aliphatic rings. The number of unbranched alkanes of at least 4 members (excludes halogenated alkanes) is 1. The minimum Gasteiger partial charge on any atom is -0.311 e. The Bertz CT molecular complexity index is 458. The van der Waals surface area contributed by atoms with Gasteiger partial charge in [-0.15, -0.1) is 0 Å². The normalized spacial score (nSPS) is 15.6. The second-order valence-electron chi connectivity index (χ2n) is 4.09. The molecule has 0 saturated heterocycles. The van der Waals surface area contributed by atoms with Crippen LogP contribution in [-0.2, 0) is 23.0 Å². The van der Waals surface area contributed by atoms with Crippen LogP contribution in [0.15, 0.2) is 0 Å². The molecule has 0 saturated carbocycles. The molecule has 0 spiro atoms. The fraction of sp³-hybridized carbons (Fsp3) is 0.700. The summed E-state index contributed by atoms with van der Waals surface area (Å²) in [5.74, 6) is 0.173. The summed E-state index contributed by atoms with van der Waals surface area (Å²) in [7, 11) is -3.22. The van der Waals surface area contributed by atoms with Gasteiger partial charge in [0.25, 0.3) is 0 Å². The molecule has 0 aromatic carbocycles. The third-order valence-corrected chi connectivity index (χ3v) is 5.08. The van der Waals surface area contributed by atoms with Crippen LogP contribution in [0.3, 0.4) is 0 Å². The first-order valence-corrected chi connectivity index (χ1v) is 8.27. The summed E-state index contributed by atoms with van der Waals surface area (Å²) in [4.78, 5) is 5.48. The van der Waals surface area contributed by atoms with E-state index in [1.54, 1.807) is 0 Å². The number of hydrogen-bond donors (Lipinski definition) is 2. The summed E-state index contributed by atoms with van der Waals surface area (Å²) in [6.07, 6.45) is 2.43. The highest BCUT2D eigenvalue weighted by atomic mass is 32.2. The number of anilines is 1. The van der Waals surface area contributed by atoms with Crippen molar-refractivity contribution in [3.63, 3.8) is 0 Å². The summed E-state index contributed by atoms with van der Waals surface area (Å²) in [5.41, 5.74) is 1.03. The van der Waals surface area contributed by atoms with Crippen molar-refractivity contribution >= 4 is 26.5 Å². The molecule has 0 unspecified atom stereocenters. The van der Waals surface area contributed by atoms with E-state index in [4.69, 9.17) is 0 Å². The van der Waals surface area contributed by atoms with E-state index in [-0.39, 0.29) is 5.75 Å². The van der Waals surface area contributed by atoms with Gasteiger partial charge in [-0.1, -0.05) is 24.7 Å². The van der Waals surface area contributed by atoms with Gasteiger partial charge in [-0.3, -0.25) is 4.72 Å². The molecule has 1 aliphatic heterocycles. The van der Waals surface area contributed by atoms with Crippen LogP contribution in [-0.4, -0.2) is 25.7 Å². The van der Waals surface area contributed by atoms with Crippen molar-refractivity contribution in [3.8, 4) is 0 Å². The standard InChI is InChI=1S/C10H17N3O2S2/c1-2-3-6-17(14,15)13-10-12-8-4-5-11-7-9(8)16-10/h11H,2-7H2,1H3,(H,12,13). The Kier molecular flexibility index (Phi) is 4.01. The van der Waals surface area contributed by atoms with E-state index >= 15 is 0 Å². The van der Waals surface area contributed by atoms with E-state index in [0.29, 0.717) is 11.6 Å². The van der Waals surface area contributed by atoms with Crippen molar-refractivity contribution in [2.24, 2.45) is 0 Å². The Labute approximate surface area is 106 Å². The van der Waals surface area contributed by atoms with Crippen LogP contribution in [0.5, 0.6) is 0 Å². The number of thiazole rings is 1. The number of hydrogen-bond acceptors (Lipinski definition) is 5. The fourth-order valence-electron chi connectivity index (χ4n) is 1.69. The number of nitrogens with zero attached hydrogens (tertiary/aromatic N) is 1. The maximum atomic E-state index is 11.7. The Morgan fingerprint density at radius 2 is 2.35 bits per heavy atom. The maximum absolute atomic E-state index is 11.7. The molecule has 0 fully saturated rings. The first kappa shape index (κ1) is 12.8. The lowest BCUT2D eigenvalue weighted by Gasteiger charge is -2.09. The van der Waals surface area contributed by atoms with Gasteiger partial charge in [0.15, 0.2) is 5.13 Å². The largest absolute Gasteiger partial charge is 0.311 e. The molecule has 2 rings (SSSR count). The summed E-state index contributed by atoms with van der Waals surface area (Å²) < 4.78 is 26.0. The van der Waals surface area contributed by atoms with Crippen molar-refractivity contribution in [1.82, 2.24) is 10.3 Å². The predicted octanol–water partition coefficient (Wildman–Crippen LogP) is 1.33. The predicted molar refractivity (Wildman–Crippen MR) is 69.8 cm³/mol. The fourth-order valence-corrected chi connectivity index (χ4v) is 4.15. The number of fused-ring (bicyclic) bond motifs is 1. The average molecular weight is 275 g/mol. The summed E-state index contributed by atoms with van der Waals surface area (Å²) in [5, 5.41) is 3.75. The smallest absolute Gasteiger partial charge is 0.234 e. The molecule has 17 heavy (non-hydrogen) atoms. The molecule has 2 heterocycles. The van der Waals surface area contributed by atoms with E-state index in [0.717, 1.165) is 36.5 Å². The lowest BCUT2D eigenvalue weighted by atomic mass is 10.2. The Morgan fingerprint density at radius 1 is 1.53 bits per heavy atom. The van der Waals surface area contributed by atoms with Crippen LogP contribution in [0.4, 0.5) is 5.13 Å². The van der Waals surface area contributed by atoms with Gasteiger partial charge in [0.1, 0.15) is 0 Å². The Morgan fingerprint density at radius 3 is 3.06 bits per heavy atom. The van der Waals surface area contributed by atoms with Crippen molar-refractivity contribution in [1.29, 1.82) is 0 Å². The van der Waals surface area contributed by atoms with Crippen molar-refractivity contribution in [2.45, 2.75) is 32.7 Å². The molecule has 1 aromatic rings. The first-order chi connectivity index (χ1) is 8.11. The molecule has 5 nitrogen and oxygen atoms in total. The maximum Gasteiger partial charge on any atom is 0.234 e. The number of sulfonamides is 1. The van der Waals surface area contributed by atoms with E-state index < -0.39 is 10.0 Å². The second-order valence-corrected chi connectivity index (χ2v) is 7.02. The zero-order chi connectivity index (χ0) is 12.3. The highest BCUT2D eigenvalue weighted by molar-refractivity contribution is 7.92. The zero-order valence-corrected chi connectivity index (χ0v) is 11.5. The van der Waals surface area contributed by atoms with Gasteiger partial charge in [-0.25, -0.2) is 13.4 Å². The minimum atomic E-state index is -3.22. The van der Waals surface area contributed by atoms with Crippen LogP contribution in [0.25, 0.3) is 0 Å². The van der Waals surface area contributed by atoms with Crippen molar-refractivity contribution in [2.75, 3.05) is 17.0 Å². The van der Waals surface area contributed by atoms with Gasteiger partial charge in [0.2, 0.25) is 10.0 Å². The van der Waals surface area contributed by atoms with E-state index in [1.807, 2.05) is 6.92 Å². The summed E-state index contributed by atoms with van der Waals surface area (Å²) in [6, 6.07) is 0. The first-order valence-electron chi connectivity index (χ1n) is 5.80. The quantitative estimate of drug-likeness (QED) is 0.850. The Balaban J connectivity index is 2.06. The lowest BCUT2D eigenvalue weighted by molar-refractivity contribution is 0.597. The third kappa shape index (κ3) is 3.40. The molecule has 0 amide bonds. The highest BCUT2D eigenvalue weighted by Gasteiger charge is 2.17. The van der Waals surface area contributed by atoms with Gasteiger partial charge in [0, 0.05) is 24.4 Å². The Hall–Kier alpha value is -0.660. The van der Waals surface area contributed by atoms with Crippen molar-refractivity contribution in [3.05, 3.63) is 10.6 Å². The number of nitrogens with one attached hydrogen (secondary N) is 2. The number of aromatic nitrogens is 1. The van der Waals surface area contributed by atoms with Gasteiger partial charge < -0.3 is 5.32 Å². The SMILES string of the molecule is CCCCS(=O)(=O)Nc1nc2c(s1)CNCC2. The molecular weight excluding hydrogens is 258 g/mol. The molecule has 0 radical (unpaired) electrons. The highest BCUT2D eigenvalue weighted by Crippen LogP contribution is 2.26. The third-order valence-electron chi connectivity index (χ3n) is 2.61. The van der Waals surface area contributed by atoms with Crippen LogP contribution < -0.4 is 10.0 Å². The average Bonchev–Trinajstić information content (AvgIpc) is 2.67. The molecule has 0 aliphatic carbocycles. The van der Waals surface area contributed by atoms with Crippen LogP contribution in [0, 0.1) is 0 Å². The second kappa shape index (κ2) is 5.32. The monoisotopic (exact) mass is 275 g/mol. The van der Waals surface area contributed by atoms with E-state index in [9.17, 15) is 8.42 Å². The molecule has 1 aromatic heterocycles.